The SMILES string of the molecule is Cc1c(CC(=O)O)c2ccc(O)cc2n1Cc1ccccc1. The lowest BCUT2D eigenvalue weighted by molar-refractivity contribution is -0.136. The van der Waals surface area contributed by atoms with Crippen molar-refractivity contribution < 1.29 is 15.0 Å². The highest BCUT2D eigenvalue weighted by Crippen LogP contribution is 2.30. The molecule has 0 radical (unpaired) electrons. The average Bonchev–Trinajstić information content (AvgIpc) is 2.73. The summed E-state index contributed by atoms with van der Waals surface area (Å²) in [6, 6.07) is 15.1. The number of phenolic OH excluding ortho intramolecular Hbond substituents is 1. The van der Waals surface area contributed by atoms with E-state index in [4.69, 9.17) is 5.11 Å². The molecule has 0 atom stereocenters. The first-order valence-corrected chi connectivity index (χ1v) is 7.12. The molecule has 0 bridgehead atoms. The average molecular weight is 295 g/mol. The number of aromatic hydroxyl groups is 1. The van der Waals surface area contributed by atoms with Gasteiger partial charge in [0.2, 0.25) is 0 Å². The van der Waals surface area contributed by atoms with Crippen molar-refractivity contribution >= 4 is 16.9 Å². The number of fused-ring (bicyclic) bond motifs is 1. The first-order valence-electron chi connectivity index (χ1n) is 7.12. The topological polar surface area (TPSA) is 62.5 Å². The molecule has 0 aliphatic carbocycles. The van der Waals surface area contributed by atoms with E-state index >= 15 is 0 Å². The lowest BCUT2D eigenvalue weighted by Gasteiger charge is -2.09. The number of aromatic nitrogens is 1. The van der Waals surface area contributed by atoms with E-state index in [1.165, 1.54) is 0 Å². The number of carboxylic acids is 1. The Balaban J connectivity index is 2.17. The highest BCUT2D eigenvalue weighted by atomic mass is 16.4. The second-order valence-corrected chi connectivity index (χ2v) is 5.41. The molecule has 4 heteroatoms. The Morgan fingerprint density at radius 3 is 2.55 bits per heavy atom. The van der Waals surface area contributed by atoms with E-state index in [2.05, 4.69) is 4.57 Å². The molecule has 0 aliphatic rings. The van der Waals surface area contributed by atoms with Gasteiger partial charge in [-0.3, -0.25) is 4.79 Å². The van der Waals surface area contributed by atoms with E-state index in [1.54, 1.807) is 18.2 Å². The van der Waals surface area contributed by atoms with E-state index in [1.807, 2.05) is 37.3 Å². The number of carbonyl (C=O) groups is 1. The van der Waals surface area contributed by atoms with Crippen LogP contribution < -0.4 is 0 Å². The van der Waals surface area contributed by atoms with Gasteiger partial charge in [-0.2, -0.15) is 0 Å². The minimum absolute atomic E-state index is 0.0190. The number of benzene rings is 2. The second-order valence-electron chi connectivity index (χ2n) is 5.41. The van der Waals surface area contributed by atoms with Crippen LogP contribution in [0.3, 0.4) is 0 Å². The van der Waals surface area contributed by atoms with E-state index in [0.717, 1.165) is 27.7 Å². The predicted molar refractivity (Wildman–Crippen MR) is 85.2 cm³/mol. The molecule has 0 saturated heterocycles. The molecule has 1 aromatic heterocycles. The largest absolute Gasteiger partial charge is 0.508 e. The number of hydrogen-bond donors (Lipinski definition) is 2. The van der Waals surface area contributed by atoms with Crippen LogP contribution in [0.25, 0.3) is 10.9 Å². The Bertz CT molecular complexity index is 834. The monoisotopic (exact) mass is 295 g/mol. The fourth-order valence-corrected chi connectivity index (χ4v) is 2.88. The van der Waals surface area contributed by atoms with Crippen molar-refractivity contribution in [3.8, 4) is 5.75 Å². The number of nitrogens with zero attached hydrogens (tertiary/aromatic N) is 1. The fourth-order valence-electron chi connectivity index (χ4n) is 2.88. The summed E-state index contributed by atoms with van der Waals surface area (Å²) < 4.78 is 2.06. The van der Waals surface area contributed by atoms with Gasteiger partial charge in [0.25, 0.3) is 0 Å². The highest BCUT2D eigenvalue weighted by Gasteiger charge is 2.16. The first-order chi connectivity index (χ1) is 10.6. The fraction of sp³-hybridized carbons (Fsp3) is 0.167. The van der Waals surface area contributed by atoms with Crippen LogP contribution in [0.1, 0.15) is 16.8 Å². The van der Waals surface area contributed by atoms with Crippen LogP contribution in [0.4, 0.5) is 0 Å². The Hall–Kier alpha value is -2.75. The number of carboxylic acid groups (broad SMARTS) is 1. The molecule has 3 rings (SSSR count). The quantitative estimate of drug-likeness (QED) is 0.776. The smallest absolute Gasteiger partial charge is 0.307 e. The van der Waals surface area contributed by atoms with Crippen LogP contribution in [0.5, 0.6) is 5.75 Å². The molecule has 0 spiro atoms. The standard InChI is InChI=1S/C18H17NO3/c1-12-16(10-18(21)22)15-8-7-14(20)9-17(15)19(12)11-13-5-3-2-4-6-13/h2-9,20H,10-11H2,1H3,(H,21,22). The number of aliphatic carboxylic acids is 1. The van der Waals surface area contributed by atoms with Gasteiger partial charge in [0.15, 0.2) is 0 Å². The number of rotatable bonds is 4. The normalized spacial score (nSPS) is 11.0. The zero-order valence-corrected chi connectivity index (χ0v) is 12.3. The summed E-state index contributed by atoms with van der Waals surface area (Å²) in [5.41, 5.74) is 3.72. The van der Waals surface area contributed by atoms with Gasteiger partial charge >= 0.3 is 5.97 Å². The van der Waals surface area contributed by atoms with Crippen LogP contribution in [-0.2, 0) is 17.8 Å². The van der Waals surface area contributed by atoms with E-state index < -0.39 is 5.97 Å². The third-order valence-electron chi connectivity index (χ3n) is 3.95. The molecule has 0 unspecified atom stereocenters. The van der Waals surface area contributed by atoms with Gasteiger partial charge < -0.3 is 14.8 Å². The van der Waals surface area contributed by atoms with Gasteiger partial charge in [0, 0.05) is 23.7 Å². The first kappa shape index (κ1) is 14.2. The number of phenols is 1. The van der Waals surface area contributed by atoms with Crippen molar-refractivity contribution in [2.24, 2.45) is 0 Å². The van der Waals surface area contributed by atoms with Crippen molar-refractivity contribution in [3.05, 3.63) is 65.4 Å². The third-order valence-corrected chi connectivity index (χ3v) is 3.95. The molecule has 0 saturated carbocycles. The van der Waals surface area contributed by atoms with Crippen molar-refractivity contribution in [1.82, 2.24) is 4.57 Å². The summed E-state index contributed by atoms with van der Waals surface area (Å²) in [7, 11) is 0. The minimum Gasteiger partial charge on any atom is -0.508 e. The Morgan fingerprint density at radius 1 is 1.14 bits per heavy atom. The summed E-state index contributed by atoms with van der Waals surface area (Å²) in [4.78, 5) is 11.1. The summed E-state index contributed by atoms with van der Waals surface area (Å²) in [5, 5.41) is 19.8. The maximum Gasteiger partial charge on any atom is 0.307 e. The summed E-state index contributed by atoms with van der Waals surface area (Å²) in [6.45, 7) is 2.57. The summed E-state index contributed by atoms with van der Waals surface area (Å²) >= 11 is 0. The molecule has 2 aromatic carbocycles. The zero-order chi connectivity index (χ0) is 15.7. The summed E-state index contributed by atoms with van der Waals surface area (Å²) in [5.74, 6) is -0.670. The molecule has 2 N–H and O–H groups in total. The predicted octanol–water partition coefficient (Wildman–Crippen LogP) is 3.33. The van der Waals surface area contributed by atoms with Crippen molar-refractivity contribution in [3.63, 3.8) is 0 Å². The van der Waals surface area contributed by atoms with Crippen LogP contribution in [0.15, 0.2) is 48.5 Å². The molecule has 3 aromatic rings. The van der Waals surface area contributed by atoms with Gasteiger partial charge in [0.1, 0.15) is 5.75 Å². The zero-order valence-electron chi connectivity index (χ0n) is 12.3. The highest BCUT2D eigenvalue weighted by molar-refractivity contribution is 5.90. The Kier molecular flexibility index (Phi) is 3.59. The maximum atomic E-state index is 11.1. The van der Waals surface area contributed by atoms with E-state index in [-0.39, 0.29) is 12.2 Å². The van der Waals surface area contributed by atoms with E-state index in [0.29, 0.717) is 6.54 Å². The lowest BCUT2D eigenvalue weighted by Crippen LogP contribution is -2.05. The van der Waals surface area contributed by atoms with Crippen molar-refractivity contribution in [1.29, 1.82) is 0 Å². The van der Waals surface area contributed by atoms with Crippen molar-refractivity contribution in [2.75, 3.05) is 0 Å². The maximum absolute atomic E-state index is 11.1. The van der Waals surface area contributed by atoms with Crippen LogP contribution in [0.2, 0.25) is 0 Å². The third kappa shape index (κ3) is 2.55. The molecule has 0 fully saturated rings. The van der Waals surface area contributed by atoms with Gasteiger partial charge in [-0.05, 0) is 30.2 Å². The Labute approximate surface area is 128 Å². The molecule has 0 amide bonds. The van der Waals surface area contributed by atoms with Gasteiger partial charge in [-0.15, -0.1) is 0 Å². The minimum atomic E-state index is -0.852. The summed E-state index contributed by atoms with van der Waals surface area (Å²) in [6.07, 6.45) is -0.0190. The lowest BCUT2D eigenvalue weighted by atomic mass is 10.1. The Morgan fingerprint density at radius 2 is 1.86 bits per heavy atom. The molecule has 22 heavy (non-hydrogen) atoms. The number of hydrogen-bond acceptors (Lipinski definition) is 2. The molecule has 112 valence electrons. The van der Waals surface area contributed by atoms with Gasteiger partial charge in [-0.1, -0.05) is 30.3 Å². The van der Waals surface area contributed by atoms with Crippen LogP contribution in [0, 0.1) is 6.92 Å². The molecular formula is C18H17NO3. The van der Waals surface area contributed by atoms with E-state index in [9.17, 15) is 9.90 Å². The van der Waals surface area contributed by atoms with Crippen molar-refractivity contribution in [2.45, 2.75) is 19.9 Å². The molecule has 4 nitrogen and oxygen atoms in total. The molecular weight excluding hydrogens is 278 g/mol. The molecule has 1 heterocycles. The van der Waals surface area contributed by atoms with Crippen LogP contribution >= 0.6 is 0 Å². The second kappa shape index (κ2) is 5.56. The van der Waals surface area contributed by atoms with Crippen LogP contribution in [-0.4, -0.2) is 20.7 Å². The molecule has 0 aliphatic heterocycles. The van der Waals surface area contributed by atoms with Gasteiger partial charge in [0.05, 0.1) is 11.9 Å². The van der Waals surface area contributed by atoms with Gasteiger partial charge in [-0.25, -0.2) is 0 Å².